The van der Waals surface area contributed by atoms with Crippen molar-refractivity contribution >= 4 is 0 Å². The molecule has 0 spiro atoms. The molecular weight excluding hydrogens is 737 g/mol. The highest BCUT2D eigenvalue weighted by Crippen LogP contribution is 2.16. The molecule has 7 nitrogen and oxygen atoms in total. The maximum atomic E-state index is 6.61. The molecular formula is C52H102O7. The van der Waals surface area contributed by atoms with Gasteiger partial charge in [-0.3, -0.25) is 0 Å². The van der Waals surface area contributed by atoms with Gasteiger partial charge >= 0.3 is 0 Å². The molecule has 0 aliphatic heterocycles. The van der Waals surface area contributed by atoms with E-state index in [2.05, 4.69) is 65.8 Å². The first-order valence-corrected chi connectivity index (χ1v) is 25.8. The van der Waals surface area contributed by atoms with Crippen LogP contribution in [0.15, 0.2) is 24.3 Å². The fourth-order valence-electron chi connectivity index (χ4n) is 6.71. The Hall–Kier alpha value is -0.800. The molecule has 352 valence electrons. The van der Waals surface area contributed by atoms with Gasteiger partial charge in [0.25, 0.3) is 0 Å². The van der Waals surface area contributed by atoms with Gasteiger partial charge in [0.1, 0.15) is 0 Å². The second kappa shape index (κ2) is 49.9. The molecule has 0 aromatic rings. The van der Waals surface area contributed by atoms with E-state index >= 15 is 0 Å². The summed E-state index contributed by atoms with van der Waals surface area (Å²) in [6, 6.07) is 0. The molecule has 0 aromatic carbocycles. The van der Waals surface area contributed by atoms with Crippen LogP contribution < -0.4 is 0 Å². The Labute approximate surface area is 368 Å². The SMILES string of the molecule is CCCCCCCCCCOC(C=CCCCCC(OCCCC)OCCCC)OC(C=CCCCCC(OCCCC)OCCCC)OCCCCCCCCCC. The van der Waals surface area contributed by atoms with Crippen LogP contribution >= 0.6 is 0 Å². The molecule has 0 radical (unpaired) electrons. The third-order valence-corrected chi connectivity index (χ3v) is 10.7. The summed E-state index contributed by atoms with van der Waals surface area (Å²) < 4.78 is 43.8. The first kappa shape index (κ1) is 58.2. The second-order valence-corrected chi connectivity index (χ2v) is 16.7. The minimum atomic E-state index is -0.434. The van der Waals surface area contributed by atoms with Crippen LogP contribution in [0, 0.1) is 0 Å². The highest BCUT2D eigenvalue weighted by molar-refractivity contribution is 4.90. The Balaban J connectivity index is 5.39. The molecule has 0 aliphatic carbocycles. The first-order valence-electron chi connectivity index (χ1n) is 25.8. The minimum absolute atomic E-state index is 0.0893. The smallest absolute Gasteiger partial charge is 0.180 e. The Morgan fingerprint density at radius 1 is 0.288 bits per heavy atom. The van der Waals surface area contributed by atoms with Gasteiger partial charge in [-0.25, -0.2) is 0 Å². The summed E-state index contributed by atoms with van der Waals surface area (Å²) in [5, 5.41) is 0. The summed E-state index contributed by atoms with van der Waals surface area (Å²) in [6.45, 7) is 17.9. The van der Waals surface area contributed by atoms with Gasteiger partial charge < -0.3 is 33.2 Å². The standard InChI is InChI=1S/C52H102O7/c1-7-13-19-21-23-25-31-37-47-57-51(41-35-29-27-33-39-49(53-43-15-9-3)54-44-16-10-4)59-52(58-48-38-32-26-24-22-20-14-8-2)42-36-30-28-34-40-50(55-45-17-11-5)56-46-18-12-6/h35-36,41-42,49-52H,7-34,37-40,43-48H2,1-6H3. The van der Waals surface area contributed by atoms with Gasteiger partial charge in [-0.05, 0) is 102 Å². The highest BCUT2D eigenvalue weighted by atomic mass is 16.8. The molecule has 0 aromatic heterocycles. The Kier molecular flexibility index (Phi) is 49.2. The van der Waals surface area contributed by atoms with Crippen LogP contribution in [0.4, 0.5) is 0 Å². The lowest BCUT2D eigenvalue weighted by Gasteiger charge is -2.22. The lowest BCUT2D eigenvalue weighted by atomic mass is 10.1. The van der Waals surface area contributed by atoms with Crippen molar-refractivity contribution in [2.75, 3.05) is 39.6 Å². The van der Waals surface area contributed by atoms with Crippen molar-refractivity contribution < 1.29 is 33.2 Å². The zero-order valence-electron chi connectivity index (χ0n) is 40.3. The molecule has 0 saturated heterocycles. The van der Waals surface area contributed by atoms with E-state index in [0.29, 0.717) is 13.2 Å². The molecule has 0 N–H and O–H groups in total. The van der Waals surface area contributed by atoms with Crippen LogP contribution in [0.5, 0.6) is 0 Å². The van der Waals surface area contributed by atoms with E-state index < -0.39 is 12.6 Å². The fraction of sp³-hybridized carbons (Fsp3) is 0.923. The van der Waals surface area contributed by atoms with E-state index in [1.165, 1.54) is 89.9 Å². The van der Waals surface area contributed by atoms with Gasteiger partial charge in [0.15, 0.2) is 25.2 Å². The number of rotatable bonds is 50. The van der Waals surface area contributed by atoms with E-state index in [1.54, 1.807) is 0 Å². The summed E-state index contributed by atoms with van der Waals surface area (Å²) in [6.07, 6.45) is 45.2. The van der Waals surface area contributed by atoms with Crippen LogP contribution in [-0.4, -0.2) is 64.8 Å². The molecule has 0 aliphatic rings. The average Bonchev–Trinajstić information content (AvgIpc) is 3.24. The van der Waals surface area contributed by atoms with Crippen molar-refractivity contribution in [2.45, 2.75) is 272 Å². The molecule has 2 atom stereocenters. The van der Waals surface area contributed by atoms with E-state index in [1.807, 2.05) is 0 Å². The topological polar surface area (TPSA) is 64.6 Å². The molecule has 7 heteroatoms. The predicted octanol–water partition coefficient (Wildman–Crippen LogP) is 16.1. The molecule has 0 amide bonds. The average molecular weight is 839 g/mol. The Bertz CT molecular complexity index is 750. The van der Waals surface area contributed by atoms with Crippen molar-refractivity contribution in [3.05, 3.63) is 24.3 Å². The summed E-state index contributed by atoms with van der Waals surface area (Å²) in [4.78, 5) is 0. The fourth-order valence-corrected chi connectivity index (χ4v) is 6.71. The van der Waals surface area contributed by atoms with Gasteiger partial charge in [0.05, 0.1) is 13.2 Å². The monoisotopic (exact) mass is 839 g/mol. The minimum Gasteiger partial charge on any atom is -0.353 e. The zero-order valence-corrected chi connectivity index (χ0v) is 40.3. The van der Waals surface area contributed by atoms with Crippen LogP contribution in [0.1, 0.15) is 247 Å². The molecule has 0 fully saturated rings. The predicted molar refractivity (Wildman–Crippen MR) is 252 cm³/mol. The first-order chi connectivity index (χ1) is 29.1. The van der Waals surface area contributed by atoms with Crippen molar-refractivity contribution in [3.8, 4) is 0 Å². The quantitative estimate of drug-likeness (QED) is 0.0343. The molecule has 0 bridgehead atoms. The van der Waals surface area contributed by atoms with Crippen LogP contribution in [-0.2, 0) is 33.2 Å². The number of unbranched alkanes of at least 4 members (excludes halogenated alkanes) is 22. The summed E-state index contributed by atoms with van der Waals surface area (Å²) >= 11 is 0. The second-order valence-electron chi connectivity index (χ2n) is 16.7. The van der Waals surface area contributed by atoms with Crippen LogP contribution in [0.3, 0.4) is 0 Å². The molecule has 0 heterocycles. The third-order valence-electron chi connectivity index (χ3n) is 10.7. The summed E-state index contributed by atoms with van der Waals surface area (Å²) in [7, 11) is 0. The van der Waals surface area contributed by atoms with Gasteiger partial charge in [0.2, 0.25) is 0 Å². The maximum absolute atomic E-state index is 6.61. The van der Waals surface area contributed by atoms with Crippen molar-refractivity contribution in [1.29, 1.82) is 0 Å². The van der Waals surface area contributed by atoms with E-state index in [-0.39, 0.29) is 12.6 Å². The molecule has 59 heavy (non-hydrogen) atoms. The molecule has 0 rings (SSSR count). The van der Waals surface area contributed by atoms with Gasteiger partial charge in [-0.15, -0.1) is 0 Å². The lowest BCUT2D eigenvalue weighted by Crippen LogP contribution is -2.25. The maximum Gasteiger partial charge on any atom is 0.180 e. The van der Waals surface area contributed by atoms with Crippen molar-refractivity contribution in [2.24, 2.45) is 0 Å². The lowest BCUT2D eigenvalue weighted by molar-refractivity contribution is -0.208. The van der Waals surface area contributed by atoms with Gasteiger partial charge in [-0.2, -0.15) is 0 Å². The normalized spacial score (nSPS) is 13.3. The largest absolute Gasteiger partial charge is 0.353 e. The molecule has 0 saturated carbocycles. The number of ether oxygens (including phenoxy) is 7. The summed E-state index contributed by atoms with van der Waals surface area (Å²) in [5.41, 5.74) is 0. The Morgan fingerprint density at radius 2 is 0.576 bits per heavy atom. The number of hydrogen-bond acceptors (Lipinski definition) is 7. The van der Waals surface area contributed by atoms with Gasteiger partial charge in [-0.1, -0.05) is 169 Å². The Morgan fingerprint density at radius 3 is 0.898 bits per heavy atom. The van der Waals surface area contributed by atoms with Gasteiger partial charge in [0, 0.05) is 26.4 Å². The highest BCUT2D eigenvalue weighted by Gasteiger charge is 2.15. The summed E-state index contributed by atoms with van der Waals surface area (Å²) in [5.74, 6) is 0. The number of allylic oxidation sites excluding steroid dienone is 2. The molecule has 2 unspecified atom stereocenters. The van der Waals surface area contributed by atoms with Crippen LogP contribution in [0.25, 0.3) is 0 Å². The van der Waals surface area contributed by atoms with E-state index in [9.17, 15) is 0 Å². The van der Waals surface area contributed by atoms with E-state index in [0.717, 1.165) is 142 Å². The van der Waals surface area contributed by atoms with Crippen molar-refractivity contribution in [1.82, 2.24) is 0 Å². The number of hydrogen-bond donors (Lipinski definition) is 0. The van der Waals surface area contributed by atoms with Crippen LogP contribution in [0.2, 0.25) is 0 Å². The zero-order chi connectivity index (χ0) is 43.0. The third kappa shape index (κ3) is 43.6. The van der Waals surface area contributed by atoms with Crippen molar-refractivity contribution in [3.63, 3.8) is 0 Å². The van der Waals surface area contributed by atoms with E-state index in [4.69, 9.17) is 33.2 Å².